The normalized spacial score (nSPS) is 11.5. The predicted molar refractivity (Wildman–Crippen MR) is 58.5 cm³/mol. The number of benzene rings is 1. The van der Waals surface area contributed by atoms with Crippen LogP contribution < -0.4 is 0 Å². The maximum Gasteiger partial charge on any atom is 0.155 e. The van der Waals surface area contributed by atoms with Gasteiger partial charge in [-0.15, -0.1) is 0 Å². The van der Waals surface area contributed by atoms with Crippen molar-refractivity contribution in [1.82, 2.24) is 0 Å². The van der Waals surface area contributed by atoms with E-state index in [4.69, 9.17) is 0 Å². The van der Waals surface area contributed by atoms with E-state index in [1.165, 1.54) is 0 Å². The molecule has 0 radical (unpaired) electrons. The quantitative estimate of drug-likeness (QED) is 0.722. The second-order valence-electron chi connectivity index (χ2n) is 2.91. The molecule has 0 aromatic heterocycles. The van der Waals surface area contributed by atoms with Gasteiger partial charge in [0.2, 0.25) is 0 Å². The van der Waals surface area contributed by atoms with E-state index < -0.39 is 0 Å². The number of hydrogen-bond donors (Lipinski definition) is 0. The van der Waals surface area contributed by atoms with Gasteiger partial charge in [0, 0.05) is 4.47 Å². The average molecular weight is 239 g/mol. The van der Waals surface area contributed by atoms with Crippen LogP contribution in [0, 0.1) is 0 Å². The highest BCUT2D eigenvalue weighted by molar-refractivity contribution is 9.10. The first-order valence-corrected chi connectivity index (χ1v) is 4.84. The van der Waals surface area contributed by atoms with Crippen molar-refractivity contribution in [3.8, 4) is 0 Å². The lowest BCUT2D eigenvalue weighted by atomic mass is 10.1. The summed E-state index contributed by atoms with van der Waals surface area (Å²) in [6.07, 6.45) is 1.88. The number of allylic oxidation sites excluding steroid dienone is 1. The first kappa shape index (κ1) is 10.2. The topological polar surface area (TPSA) is 17.1 Å². The minimum Gasteiger partial charge on any atom is -0.295 e. The van der Waals surface area contributed by atoms with Crippen LogP contribution in [0.15, 0.2) is 34.3 Å². The second kappa shape index (κ2) is 4.38. The molecule has 0 N–H and O–H groups in total. The summed E-state index contributed by atoms with van der Waals surface area (Å²) in [7, 11) is 0. The number of hydrogen-bond acceptors (Lipinski definition) is 1. The first-order chi connectivity index (χ1) is 6.11. The number of ketones is 1. The van der Waals surface area contributed by atoms with Gasteiger partial charge in [0.25, 0.3) is 0 Å². The van der Waals surface area contributed by atoms with Gasteiger partial charge in [-0.2, -0.15) is 0 Å². The summed E-state index contributed by atoms with van der Waals surface area (Å²) in [5.74, 6) is 0.107. The summed E-state index contributed by atoms with van der Waals surface area (Å²) in [5.41, 5.74) is 1.81. The molecule has 0 heterocycles. The molecule has 2 heteroatoms. The highest BCUT2D eigenvalue weighted by atomic mass is 79.9. The monoisotopic (exact) mass is 238 g/mol. The van der Waals surface area contributed by atoms with Crippen molar-refractivity contribution in [3.63, 3.8) is 0 Å². The van der Waals surface area contributed by atoms with E-state index >= 15 is 0 Å². The molecule has 68 valence electrons. The number of carbonyl (C=O) groups is 1. The van der Waals surface area contributed by atoms with Gasteiger partial charge in [-0.1, -0.05) is 34.1 Å². The van der Waals surface area contributed by atoms with Gasteiger partial charge < -0.3 is 0 Å². The Bertz CT molecular complexity index is 353. The van der Waals surface area contributed by atoms with E-state index in [-0.39, 0.29) is 5.78 Å². The average Bonchev–Trinajstić information content (AvgIpc) is 2.08. The highest BCUT2D eigenvalue weighted by Crippen LogP contribution is 2.18. The fourth-order valence-electron chi connectivity index (χ4n) is 0.927. The fraction of sp³-hybridized carbons (Fsp3) is 0.182. The Balaban J connectivity index is 3.04. The van der Waals surface area contributed by atoms with E-state index in [0.29, 0.717) is 0 Å². The van der Waals surface area contributed by atoms with Crippen LogP contribution in [0.1, 0.15) is 19.4 Å². The van der Waals surface area contributed by atoms with Crippen LogP contribution in [0.4, 0.5) is 0 Å². The molecule has 13 heavy (non-hydrogen) atoms. The summed E-state index contributed by atoms with van der Waals surface area (Å²) in [6.45, 7) is 3.39. The smallest absolute Gasteiger partial charge is 0.155 e. The van der Waals surface area contributed by atoms with E-state index in [1.807, 2.05) is 37.3 Å². The Morgan fingerprint density at radius 1 is 1.31 bits per heavy atom. The zero-order valence-corrected chi connectivity index (χ0v) is 9.26. The number of rotatable bonds is 2. The van der Waals surface area contributed by atoms with Crippen LogP contribution in [0.2, 0.25) is 0 Å². The summed E-state index contributed by atoms with van der Waals surface area (Å²) < 4.78 is 1.01. The molecule has 1 nitrogen and oxygen atoms in total. The summed E-state index contributed by atoms with van der Waals surface area (Å²) in [6, 6.07) is 7.82. The third-order valence-corrected chi connectivity index (χ3v) is 2.55. The van der Waals surface area contributed by atoms with Crippen LogP contribution >= 0.6 is 15.9 Å². The lowest BCUT2D eigenvalue weighted by Crippen LogP contribution is -1.90. The molecule has 0 aliphatic heterocycles. The zero-order valence-electron chi connectivity index (χ0n) is 7.67. The molecule has 1 rings (SSSR count). The molecule has 0 saturated carbocycles. The molecule has 0 aliphatic carbocycles. The van der Waals surface area contributed by atoms with Crippen molar-refractivity contribution in [2.75, 3.05) is 0 Å². The first-order valence-electron chi connectivity index (χ1n) is 4.05. The summed E-state index contributed by atoms with van der Waals surface area (Å²) in [4.78, 5) is 11.0. The standard InChI is InChI=1S/C11H11BrO/c1-8(9(2)13)7-10-5-3-4-6-11(10)12/h3-7H,1-2H3/b8-7+. The highest BCUT2D eigenvalue weighted by Gasteiger charge is 1.98. The number of carbonyl (C=O) groups excluding carboxylic acids is 1. The third kappa shape index (κ3) is 2.81. The van der Waals surface area contributed by atoms with Crippen LogP contribution in [0.25, 0.3) is 6.08 Å². The minimum atomic E-state index is 0.107. The van der Waals surface area contributed by atoms with Crippen LogP contribution in [-0.4, -0.2) is 5.78 Å². The van der Waals surface area contributed by atoms with Crippen LogP contribution in [-0.2, 0) is 4.79 Å². The molecule has 0 atom stereocenters. The Kier molecular flexibility index (Phi) is 3.43. The molecule has 1 aromatic carbocycles. The maximum absolute atomic E-state index is 11.0. The molecule has 0 unspecified atom stereocenters. The van der Waals surface area contributed by atoms with Gasteiger partial charge in [-0.25, -0.2) is 0 Å². The molecule has 0 bridgehead atoms. The maximum atomic E-state index is 11.0. The fourth-order valence-corrected chi connectivity index (χ4v) is 1.33. The molecule has 0 spiro atoms. The van der Waals surface area contributed by atoms with Crippen molar-refractivity contribution in [3.05, 3.63) is 39.9 Å². The summed E-state index contributed by atoms with van der Waals surface area (Å²) >= 11 is 3.42. The van der Waals surface area contributed by atoms with Gasteiger partial charge in [-0.05, 0) is 37.1 Å². The number of halogens is 1. The molecule has 0 saturated heterocycles. The summed E-state index contributed by atoms with van der Waals surface area (Å²) in [5, 5.41) is 0. The van der Waals surface area contributed by atoms with Crippen LogP contribution in [0.5, 0.6) is 0 Å². The molecular weight excluding hydrogens is 228 g/mol. The van der Waals surface area contributed by atoms with Crippen LogP contribution in [0.3, 0.4) is 0 Å². The van der Waals surface area contributed by atoms with E-state index in [9.17, 15) is 4.79 Å². The van der Waals surface area contributed by atoms with Gasteiger partial charge in [0.1, 0.15) is 0 Å². The lowest BCUT2D eigenvalue weighted by Gasteiger charge is -1.98. The van der Waals surface area contributed by atoms with Gasteiger partial charge in [-0.3, -0.25) is 4.79 Å². The Labute approximate surface area is 86.6 Å². The molecular formula is C11H11BrO. The Hall–Kier alpha value is -0.890. The Morgan fingerprint density at radius 2 is 1.92 bits per heavy atom. The SMILES string of the molecule is CC(=O)/C(C)=C/c1ccccc1Br. The van der Waals surface area contributed by atoms with E-state index in [1.54, 1.807) is 6.92 Å². The Morgan fingerprint density at radius 3 is 2.46 bits per heavy atom. The van der Waals surface area contributed by atoms with Crippen molar-refractivity contribution < 1.29 is 4.79 Å². The van der Waals surface area contributed by atoms with Crippen molar-refractivity contribution in [2.45, 2.75) is 13.8 Å². The lowest BCUT2D eigenvalue weighted by molar-refractivity contribution is -0.113. The largest absolute Gasteiger partial charge is 0.295 e. The van der Waals surface area contributed by atoms with Crippen molar-refractivity contribution in [2.24, 2.45) is 0 Å². The van der Waals surface area contributed by atoms with Gasteiger partial charge in [0.15, 0.2) is 5.78 Å². The van der Waals surface area contributed by atoms with Gasteiger partial charge in [0.05, 0.1) is 0 Å². The third-order valence-electron chi connectivity index (χ3n) is 1.83. The minimum absolute atomic E-state index is 0.107. The molecule has 0 aliphatic rings. The van der Waals surface area contributed by atoms with Crippen molar-refractivity contribution >= 4 is 27.8 Å². The predicted octanol–water partition coefficient (Wildman–Crippen LogP) is 3.44. The van der Waals surface area contributed by atoms with Crippen molar-refractivity contribution in [1.29, 1.82) is 0 Å². The number of Topliss-reactive ketones (excluding diaryl/α,β-unsaturated/α-hetero) is 1. The molecule has 0 fully saturated rings. The second-order valence-corrected chi connectivity index (χ2v) is 3.76. The van der Waals surface area contributed by atoms with Gasteiger partial charge >= 0.3 is 0 Å². The molecule has 0 amide bonds. The van der Waals surface area contributed by atoms with E-state index in [0.717, 1.165) is 15.6 Å². The van der Waals surface area contributed by atoms with E-state index in [2.05, 4.69) is 15.9 Å². The zero-order chi connectivity index (χ0) is 9.84. The molecule has 1 aromatic rings.